The topological polar surface area (TPSA) is 184 Å². The lowest BCUT2D eigenvalue weighted by molar-refractivity contribution is 0.0924. The number of primary amides is 2. The Labute approximate surface area is 210 Å². The molecule has 1 aromatic heterocycles. The van der Waals surface area contributed by atoms with E-state index in [0.29, 0.717) is 11.1 Å². The molecule has 2 bridgehead atoms. The van der Waals surface area contributed by atoms with Crippen molar-refractivity contribution in [3.8, 4) is 0 Å². The fraction of sp³-hybridized carbons (Fsp3) is 0.375. The van der Waals surface area contributed by atoms with Gasteiger partial charge in [0.25, 0.3) is 11.8 Å². The normalized spacial score (nSPS) is 22.0. The van der Waals surface area contributed by atoms with Gasteiger partial charge in [0.2, 0.25) is 5.91 Å². The Hall–Kier alpha value is -3.48. The number of hydrogen-bond donors (Lipinski definition) is 5. The Morgan fingerprint density at radius 1 is 1.11 bits per heavy atom. The molecule has 0 radical (unpaired) electrons. The number of nitrogens with two attached hydrogens (primary N) is 2. The van der Waals surface area contributed by atoms with Gasteiger partial charge in [-0.2, -0.15) is 10.6 Å². The smallest absolute Gasteiger partial charge is 0.251 e. The number of nitrogens with zero attached hydrogens (tertiary/aromatic N) is 3. The lowest BCUT2D eigenvalue weighted by Crippen LogP contribution is -2.50. The van der Waals surface area contributed by atoms with E-state index in [-0.39, 0.29) is 41.0 Å². The summed E-state index contributed by atoms with van der Waals surface area (Å²) in [6.07, 6.45) is 7.56. The Kier molecular flexibility index (Phi) is 7.29. The fourth-order valence-corrected chi connectivity index (χ4v) is 5.24. The van der Waals surface area contributed by atoms with Gasteiger partial charge in [0.1, 0.15) is 5.82 Å². The molecule has 2 atom stereocenters. The number of hydrogen-bond acceptors (Lipinski definition) is 8. The number of aromatic nitrogens is 1. The third kappa shape index (κ3) is 5.83. The van der Waals surface area contributed by atoms with Crippen LogP contribution in [-0.2, 0) is 0 Å². The quantitative estimate of drug-likeness (QED) is 0.334. The van der Waals surface area contributed by atoms with Gasteiger partial charge in [-0.25, -0.2) is 4.98 Å². The second-order valence-electron chi connectivity index (χ2n) is 9.27. The highest BCUT2D eigenvalue weighted by atomic mass is 32.3. The number of anilines is 1. The van der Waals surface area contributed by atoms with Crippen LogP contribution in [0.1, 0.15) is 56.8 Å². The molecule has 0 spiro atoms. The van der Waals surface area contributed by atoms with E-state index in [2.05, 4.69) is 20.2 Å². The van der Waals surface area contributed by atoms with Crippen LogP contribution >= 0.6 is 10.6 Å². The number of piperidine rings is 1. The maximum Gasteiger partial charge on any atom is 0.251 e. The monoisotopic (exact) mass is 514 g/mol. The minimum absolute atomic E-state index is 0.0352. The summed E-state index contributed by atoms with van der Waals surface area (Å²) in [5, 5.41) is 3.10. The summed E-state index contributed by atoms with van der Waals surface area (Å²) in [5.74, 6) is -0.783. The Morgan fingerprint density at radius 2 is 1.78 bits per heavy atom. The van der Waals surface area contributed by atoms with Crippen molar-refractivity contribution in [3.63, 3.8) is 0 Å². The zero-order valence-electron chi connectivity index (χ0n) is 19.8. The predicted octanol–water partition coefficient (Wildman–Crippen LogP) is 2.29. The molecule has 1 aromatic carbocycles. The molecule has 0 saturated carbocycles. The molecule has 12 heteroatoms. The molecule has 3 heterocycles. The third-order valence-electron chi connectivity index (χ3n) is 6.51. The molecule has 4 rings (SSSR count). The molecular formula is C24H30N6O5S. The molecule has 2 fully saturated rings. The van der Waals surface area contributed by atoms with E-state index in [4.69, 9.17) is 11.5 Å². The van der Waals surface area contributed by atoms with Gasteiger partial charge in [0, 0.05) is 42.4 Å². The summed E-state index contributed by atoms with van der Waals surface area (Å²) in [5.41, 5.74) is 11.8. The maximum absolute atomic E-state index is 13.0. The number of nitrogens with one attached hydrogen (secondary N) is 1. The van der Waals surface area contributed by atoms with Gasteiger partial charge < -0.3 is 21.7 Å². The average molecular weight is 515 g/mol. The van der Waals surface area contributed by atoms with Crippen LogP contribution in [0.4, 0.5) is 11.5 Å². The van der Waals surface area contributed by atoms with Crippen molar-refractivity contribution in [3.05, 3.63) is 53.2 Å². The first-order valence-corrected chi connectivity index (χ1v) is 13.7. The summed E-state index contributed by atoms with van der Waals surface area (Å²) in [6, 6.07) is 8.33. The highest BCUT2D eigenvalue weighted by Gasteiger charge is 2.41. The molecule has 11 nitrogen and oxygen atoms in total. The van der Waals surface area contributed by atoms with Gasteiger partial charge in [-0.1, -0.05) is 0 Å². The second-order valence-corrected chi connectivity index (χ2v) is 11.6. The van der Waals surface area contributed by atoms with E-state index in [0.717, 1.165) is 31.5 Å². The number of carbonyl (C=O) groups is 3. The van der Waals surface area contributed by atoms with Gasteiger partial charge in [-0.05, 0) is 56.0 Å². The standard InChI is InChI=1S/C24H30N6O5S/c1-36(34,35)9-8-27-20-10-14(2-6-19(20)23(26)32)24(33)29-16-11-17-4-5-18(12-16)30(17)21-7-3-15(13-28-21)22(25)31/h2-3,6-8,10,13,16-18,34-35H,4-5,9,11-12H2,1H3,(H2,25,31)(H2,26,32)(H,29,33). The number of aliphatic imine (C=N–C) groups is 1. The third-order valence-corrected chi connectivity index (χ3v) is 7.29. The molecule has 2 aliphatic rings. The van der Waals surface area contributed by atoms with E-state index in [1.165, 1.54) is 36.9 Å². The summed E-state index contributed by atoms with van der Waals surface area (Å²) in [4.78, 5) is 47.0. The summed E-state index contributed by atoms with van der Waals surface area (Å²) >= 11 is 0. The average Bonchev–Trinajstić information content (AvgIpc) is 3.08. The van der Waals surface area contributed by atoms with Crippen molar-refractivity contribution in [2.75, 3.05) is 16.9 Å². The fourth-order valence-electron chi connectivity index (χ4n) is 4.89. The van der Waals surface area contributed by atoms with Crippen LogP contribution in [0.5, 0.6) is 0 Å². The van der Waals surface area contributed by atoms with Crippen molar-refractivity contribution in [1.29, 1.82) is 0 Å². The number of carbonyl (C=O) groups excluding carboxylic acids is 3. The molecule has 2 unspecified atom stereocenters. The van der Waals surface area contributed by atoms with E-state index < -0.39 is 22.4 Å². The number of amides is 3. The zero-order chi connectivity index (χ0) is 26.0. The molecule has 2 aromatic rings. The van der Waals surface area contributed by atoms with Gasteiger partial charge >= 0.3 is 0 Å². The Bertz CT molecular complexity index is 1180. The molecule has 192 valence electrons. The van der Waals surface area contributed by atoms with Crippen molar-refractivity contribution in [2.24, 2.45) is 16.5 Å². The molecule has 3 amide bonds. The summed E-state index contributed by atoms with van der Waals surface area (Å²) in [6.45, 7) is 0. The first-order chi connectivity index (χ1) is 17.0. The van der Waals surface area contributed by atoms with Gasteiger partial charge in [-0.3, -0.25) is 28.5 Å². The summed E-state index contributed by atoms with van der Waals surface area (Å²) < 4.78 is 19.1. The Morgan fingerprint density at radius 3 is 2.33 bits per heavy atom. The summed E-state index contributed by atoms with van der Waals surface area (Å²) in [7, 11) is -2.78. The number of benzene rings is 1. The molecule has 2 saturated heterocycles. The largest absolute Gasteiger partial charge is 0.366 e. The first kappa shape index (κ1) is 25.6. The number of pyridine rings is 1. The maximum atomic E-state index is 13.0. The van der Waals surface area contributed by atoms with Gasteiger partial charge in [0.15, 0.2) is 0 Å². The number of rotatable bonds is 8. The van der Waals surface area contributed by atoms with Crippen LogP contribution < -0.4 is 21.7 Å². The molecule has 7 N–H and O–H groups in total. The molecule has 36 heavy (non-hydrogen) atoms. The van der Waals surface area contributed by atoms with Crippen LogP contribution in [0.15, 0.2) is 41.5 Å². The van der Waals surface area contributed by atoms with Crippen LogP contribution in [-0.4, -0.2) is 68.2 Å². The lowest BCUT2D eigenvalue weighted by atomic mass is 9.96. The van der Waals surface area contributed by atoms with Crippen LogP contribution in [0.2, 0.25) is 0 Å². The van der Waals surface area contributed by atoms with Gasteiger partial charge in [0.05, 0.1) is 22.6 Å². The van der Waals surface area contributed by atoms with Gasteiger partial charge in [-0.15, -0.1) is 0 Å². The molecular weight excluding hydrogens is 484 g/mol. The molecule has 2 aliphatic heterocycles. The van der Waals surface area contributed by atoms with Crippen LogP contribution in [0, 0.1) is 0 Å². The predicted molar refractivity (Wildman–Crippen MR) is 139 cm³/mol. The van der Waals surface area contributed by atoms with Crippen LogP contribution in [0.3, 0.4) is 0 Å². The Balaban J connectivity index is 1.44. The highest BCUT2D eigenvalue weighted by Crippen LogP contribution is 2.38. The minimum Gasteiger partial charge on any atom is -0.366 e. The van der Waals surface area contributed by atoms with Crippen molar-refractivity contribution in [1.82, 2.24) is 10.3 Å². The van der Waals surface area contributed by atoms with Crippen LogP contribution in [0.25, 0.3) is 0 Å². The minimum atomic E-state index is -2.78. The van der Waals surface area contributed by atoms with E-state index in [1.807, 2.05) is 6.07 Å². The lowest BCUT2D eigenvalue weighted by Gasteiger charge is -2.40. The van der Waals surface area contributed by atoms with Crippen molar-refractivity contribution >= 4 is 46.0 Å². The zero-order valence-corrected chi connectivity index (χ0v) is 20.6. The van der Waals surface area contributed by atoms with E-state index in [9.17, 15) is 23.5 Å². The molecule has 0 aliphatic carbocycles. The number of fused-ring (bicyclic) bond motifs is 2. The van der Waals surface area contributed by atoms with Crippen molar-refractivity contribution < 1.29 is 23.5 Å². The van der Waals surface area contributed by atoms with E-state index >= 15 is 0 Å². The second kappa shape index (κ2) is 10.2. The highest BCUT2D eigenvalue weighted by molar-refractivity contribution is 8.24. The van der Waals surface area contributed by atoms with Crippen molar-refractivity contribution in [2.45, 2.75) is 43.8 Å². The SMILES string of the molecule is CS(O)(O)CC=Nc1cc(C(=O)NC2CC3CCC(C2)N3c2ccc(C(N)=O)cn2)ccc1C(N)=O. The van der Waals surface area contributed by atoms with E-state index in [1.54, 1.807) is 6.07 Å². The first-order valence-electron chi connectivity index (χ1n) is 11.5.